The number of para-hydroxylation sites is 1. The van der Waals surface area contributed by atoms with Gasteiger partial charge in [0.1, 0.15) is 5.56 Å². The third kappa shape index (κ3) is 3.90. The number of thioether (sulfide) groups is 1. The largest absolute Gasteiger partial charge is 0.493 e. The number of aryl methyl sites for hydroxylation is 1. The molecular formula is C23H23NO4S. The molecule has 0 aliphatic carbocycles. The minimum absolute atomic E-state index is 0.0742. The van der Waals surface area contributed by atoms with Gasteiger partial charge in [0.05, 0.1) is 7.11 Å². The van der Waals surface area contributed by atoms with E-state index in [-0.39, 0.29) is 11.5 Å². The van der Waals surface area contributed by atoms with Gasteiger partial charge in [-0.2, -0.15) is 11.8 Å². The molecule has 0 spiro atoms. The molecule has 0 bridgehead atoms. The molecule has 0 N–H and O–H groups in total. The Morgan fingerprint density at radius 3 is 2.79 bits per heavy atom. The van der Waals surface area contributed by atoms with E-state index >= 15 is 0 Å². The van der Waals surface area contributed by atoms with Crippen LogP contribution in [-0.4, -0.2) is 36.8 Å². The van der Waals surface area contributed by atoms with Crippen molar-refractivity contribution < 1.29 is 13.9 Å². The number of rotatable bonds is 3. The number of fused-ring (bicyclic) bond motifs is 1. The summed E-state index contributed by atoms with van der Waals surface area (Å²) in [6.45, 7) is 3.35. The molecule has 2 aromatic carbocycles. The van der Waals surface area contributed by atoms with Crippen LogP contribution in [-0.2, 0) is 0 Å². The number of benzene rings is 2. The first kappa shape index (κ1) is 19.6. The molecule has 1 fully saturated rings. The van der Waals surface area contributed by atoms with Gasteiger partial charge >= 0.3 is 5.63 Å². The molecule has 1 aliphatic rings. The number of nitrogens with zero attached hydrogens (tertiary/aromatic N) is 1. The second-order valence-corrected chi connectivity index (χ2v) is 8.43. The first-order valence-corrected chi connectivity index (χ1v) is 10.7. The Balaban J connectivity index is 1.58. The fourth-order valence-electron chi connectivity index (χ4n) is 3.77. The SMILES string of the molecule is COc1cccc2cc(C(=O)N3CCSC(c4ccccc4C)CC3)c(=O)oc12. The smallest absolute Gasteiger partial charge is 0.349 e. The molecule has 5 nitrogen and oxygen atoms in total. The average molecular weight is 410 g/mol. The van der Waals surface area contributed by atoms with Gasteiger partial charge in [0.2, 0.25) is 0 Å². The highest BCUT2D eigenvalue weighted by Crippen LogP contribution is 2.36. The highest BCUT2D eigenvalue weighted by atomic mass is 32.2. The Morgan fingerprint density at radius 2 is 2.00 bits per heavy atom. The third-order valence-corrected chi connectivity index (χ3v) is 6.65. The number of methoxy groups -OCH3 is 1. The molecule has 1 amide bonds. The van der Waals surface area contributed by atoms with Crippen LogP contribution in [0.15, 0.2) is 57.7 Å². The summed E-state index contributed by atoms with van der Waals surface area (Å²) in [6, 6.07) is 15.4. The summed E-state index contributed by atoms with van der Waals surface area (Å²) >= 11 is 1.87. The molecular weight excluding hydrogens is 386 g/mol. The first-order chi connectivity index (χ1) is 14.1. The number of carbonyl (C=O) groups excluding carboxylic acids is 1. The maximum Gasteiger partial charge on any atom is 0.349 e. The van der Waals surface area contributed by atoms with Gasteiger partial charge in [-0.1, -0.05) is 36.4 Å². The van der Waals surface area contributed by atoms with Crippen molar-refractivity contribution in [1.29, 1.82) is 0 Å². The van der Waals surface area contributed by atoms with Gasteiger partial charge in [0, 0.05) is 29.5 Å². The van der Waals surface area contributed by atoms with E-state index < -0.39 is 5.63 Å². The highest BCUT2D eigenvalue weighted by molar-refractivity contribution is 7.99. The van der Waals surface area contributed by atoms with E-state index in [1.54, 1.807) is 17.0 Å². The number of hydrogen-bond acceptors (Lipinski definition) is 5. The van der Waals surface area contributed by atoms with E-state index in [4.69, 9.17) is 9.15 Å². The van der Waals surface area contributed by atoms with Gasteiger partial charge in [-0.3, -0.25) is 4.79 Å². The van der Waals surface area contributed by atoms with Crippen LogP contribution in [0, 0.1) is 6.92 Å². The van der Waals surface area contributed by atoms with Crippen molar-refractivity contribution in [3.05, 3.63) is 75.6 Å². The molecule has 1 unspecified atom stereocenters. The average Bonchev–Trinajstić information content (AvgIpc) is 2.99. The number of ether oxygens (including phenoxy) is 1. The number of amides is 1. The minimum Gasteiger partial charge on any atom is -0.493 e. The Bertz CT molecular complexity index is 1110. The van der Waals surface area contributed by atoms with Crippen LogP contribution in [0.5, 0.6) is 5.75 Å². The molecule has 1 aromatic heterocycles. The summed E-state index contributed by atoms with van der Waals surface area (Å²) in [5.41, 5.74) is 2.41. The van der Waals surface area contributed by atoms with Crippen molar-refractivity contribution in [2.24, 2.45) is 0 Å². The van der Waals surface area contributed by atoms with Crippen LogP contribution in [0.2, 0.25) is 0 Å². The monoisotopic (exact) mass is 409 g/mol. The standard InChI is InChI=1S/C23H23NO4S/c1-15-6-3-4-8-17(15)20-10-11-24(12-13-29-20)22(25)18-14-16-7-5-9-19(27-2)21(16)28-23(18)26/h3-9,14,20H,10-13H2,1-2H3. The fourth-order valence-corrected chi connectivity index (χ4v) is 5.09. The molecule has 6 heteroatoms. The number of hydrogen-bond donors (Lipinski definition) is 0. The van der Waals surface area contributed by atoms with E-state index in [1.807, 2.05) is 30.0 Å². The van der Waals surface area contributed by atoms with Crippen LogP contribution in [0.3, 0.4) is 0 Å². The Morgan fingerprint density at radius 1 is 1.17 bits per heavy atom. The van der Waals surface area contributed by atoms with E-state index in [9.17, 15) is 9.59 Å². The minimum atomic E-state index is -0.626. The van der Waals surface area contributed by atoms with Gasteiger partial charge in [-0.15, -0.1) is 0 Å². The molecule has 150 valence electrons. The summed E-state index contributed by atoms with van der Waals surface area (Å²) in [6.07, 6.45) is 0.855. The van der Waals surface area contributed by atoms with Crippen LogP contribution >= 0.6 is 11.8 Å². The number of carbonyl (C=O) groups is 1. The molecule has 29 heavy (non-hydrogen) atoms. The molecule has 1 aliphatic heterocycles. The van der Waals surface area contributed by atoms with Crippen molar-refractivity contribution in [3.63, 3.8) is 0 Å². The lowest BCUT2D eigenvalue weighted by Gasteiger charge is -2.20. The van der Waals surface area contributed by atoms with Crippen molar-refractivity contribution in [3.8, 4) is 5.75 Å². The molecule has 3 aromatic rings. The van der Waals surface area contributed by atoms with Gasteiger partial charge in [0.15, 0.2) is 11.3 Å². The normalized spacial score (nSPS) is 17.2. The third-order valence-electron chi connectivity index (χ3n) is 5.34. The van der Waals surface area contributed by atoms with E-state index in [0.717, 1.165) is 12.2 Å². The first-order valence-electron chi connectivity index (χ1n) is 9.65. The van der Waals surface area contributed by atoms with E-state index in [2.05, 4.69) is 25.1 Å². The van der Waals surface area contributed by atoms with Crippen molar-refractivity contribution in [2.75, 3.05) is 26.0 Å². The van der Waals surface area contributed by atoms with E-state index in [0.29, 0.717) is 35.1 Å². The van der Waals surface area contributed by atoms with Crippen molar-refractivity contribution in [1.82, 2.24) is 4.90 Å². The molecule has 0 radical (unpaired) electrons. The lowest BCUT2D eigenvalue weighted by atomic mass is 10.0. The summed E-state index contributed by atoms with van der Waals surface area (Å²) in [4.78, 5) is 27.4. The second kappa shape index (κ2) is 8.33. The zero-order valence-electron chi connectivity index (χ0n) is 16.5. The molecule has 2 heterocycles. The van der Waals surface area contributed by atoms with Gasteiger partial charge in [0.25, 0.3) is 5.91 Å². The second-order valence-electron chi connectivity index (χ2n) is 7.12. The van der Waals surface area contributed by atoms with E-state index in [1.165, 1.54) is 18.2 Å². The van der Waals surface area contributed by atoms with Crippen molar-refractivity contribution in [2.45, 2.75) is 18.6 Å². The lowest BCUT2D eigenvalue weighted by molar-refractivity contribution is 0.0762. The molecule has 4 rings (SSSR count). The topological polar surface area (TPSA) is 59.8 Å². The predicted octanol–water partition coefficient (Wildman–Crippen LogP) is 4.43. The highest BCUT2D eigenvalue weighted by Gasteiger charge is 2.26. The Hall–Kier alpha value is -2.73. The zero-order valence-corrected chi connectivity index (χ0v) is 17.3. The zero-order chi connectivity index (χ0) is 20.4. The van der Waals surface area contributed by atoms with Gasteiger partial charge in [-0.25, -0.2) is 4.79 Å². The predicted molar refractivity (Wildman–Crippen MR) is 116 cm³/mol. The Kier molecular flexibility index (Phi) is 5.62. The van der Waals surface area contributed by atoms with Crippen LogP contribution in [0.1, 0.15) is 33.2 Å². The summed E-state index contributed by atoms with van der Waals surface area (Å²) < 4.78 is 10.7. The maximum atomic E-state index is 13.1. The molecule has 1 atom stereocenters. The Labute approximate surface area is 173 Å². The molecule has 1 saturated heterocycles. The lowest BCUT2D eigenvalue weighted by Crippen LogP contribution is -2.35. The summed E-state index contributed by atoms with van der Waals surface area (Å²) in [7, 11) is 1.52. The van der Waals surface area contributed by atoms with Crippen molar-refractivity contribution >= 4 is 28.6 Å². The van der Waals surface area contributed by atoms with Crippen LogP contribution in [0.25, 0.3) is 11.0 Å². The van der Waals surface area contributed by atoms with Gasteiger partial charge in [-0.05, 0) is 36.6 Å². The summed E-state index contributed by atoms with van der Waals surface area (Å²) in [5.74, 6) is 1.04. The quantitative estimate of drug-likeness (QED) is 0.599. The van der Waals surface area contributed by atoms with Crippen LogP contribution < -0.4 is 10.4 Å². The van der Waals surface area contributed by atoms with Crippen LogP contribution in [0.4, 0.5) is 0 Å². The summed E-state index contributed by atoms with van der Waals surface area (Å²) in [5, 5.41) is 1.03. The van der Waals surface area contributed by atoms with Gasteiger partial charge < -0.3 is 14.1 Å². The fraction of sp³-hybridized carbons (Fsp3) is 0.304. The maximum absolute atomic E-state index is 13.1. The molecule has 0 saturated carbocycles.